The van der Waals surface area contributed by atoms with E-state index >= 15 is 0 Å². The molecule has 0 amide bonds. The van der Waals surface area contributed by atoms with Gasteiger partial charge in [-0.3, -0.25) is 14.9 Å². The van der Waals surface area contributed by atoms with Crippen LogP contribution in [0.25, 0.3) is 0 Å². The summed E-state index contributed by atoms with van der Waals surface area (Å²) in [5.74, 6) is -0.862. The number of hydrogen-bond acceptors (Lipinski definition) is 4. The van der Waals surface area contributed by atoms with E-state index in [4.69, 9.17) is 9.84 Å². The van der Waals surface area contributed by atoms with Gasteiger partial charge in [-0.25, -0.2) is 0 Å². The number of ether oxygens (including phenoxy) is 1. The van der Waals surface area contributed by atoms with Crippen LogP contribution in [0, 0.1) is 15.5 Å². The molecule has 1 aromatic carbocycles. The molecule has 0 radical (unpaired) electrons. The highest BCUT2D eigenvalue weighted by Gasteiger charge is 2.26. The monoisotopic (exact) mass is 265 g/mol. The van der Waals surface area contributed by atoms with Crippen LogP contribution in [0.2, 0.25) is 0 Å². The Hall–Kier alpha value is -2.37. The Morgan fingerprint density at radius 3 is 2.74 bits per heavy atom. The van der Waals surface area contributed by atoms with Crippen LogP contribution in [0.5, 0.6) is 5.75 Å². The van der Waals surface area contributed by atoms with Crippen molar-refractivity contribution in [2.24, 2.45) is 5.41 Å². The van der Waals surface area contributed by atoms with Gasteiger partial charge in [0.1, 0.15) is 0 Å². The third-order valence-electron chi connectivity index (χ3n) is 2.67. The fraction of sp³-hybridized carbons (Fsp3) is 0.308. The number of para-hydroxylation sites is 2. The van der Waals surface area contributed by atoms with Crippen LogP contribution in [0.4, 0.5) is 5.69 Å². The average Bonchev–Trinajstić information content (AvgIpc) is 2.36. The summed E-state index contributed by atoms with van der Waals surface area (Å²) in [6, 6.07) is 5.96. The molecule has 0 aliphatic heterocycles. The van der Waals surface area contributed by atoms with Gasteiger partial charge in [-0.05, 0) is 6.07 Å². The van der Waals surface area contributed by atoms with E-state index in [1.54, 1.807) is 13.0 Å². The highest BCUT2D eigenvalue weighted by Crippen LogP contribution is 2.29. The molecule has 0 spiro atoms. The molecular formula is C13H15NO5. The second-order valence-electron chi connectivity index (χ2n) is 4.44. The van der Waals surface area contributed by atoms with Crippen LogP contribution in [0.1, 0.15) is 13.3 Å². The fourth-order valence-corrected chi connectivity index (χ4v) is 1.50. The number of carboxylic acids is 1. The lowest BCUT2D eigenvalue weighted by molar-refractivity contribution is -0.385. The van der Waals surface area contributed by atoms with Crippen molar-refractivity contribution >= 4 is 11.7 Å². The second kappa shape index (κ2) is 5.99. The lowest BCUT2D eigenvalue weighted by atomic mass is 9.88. The first-order valence-electron chi connectivity index (χ1n) is 5.59. The normalized spacial score (nSPS) is 13.3. The average molecular weight is 265 g/mol. The molecule has 0 fully saturated rings. The van der Waals surface area contributed by atoms with Gasteiger partial charge in [-0.1, -0.05) is 25.1 Å². The number of carbonyl (C=O) groups is 1. The van der Waals surface area contributed by atoms with Crippen LogP contribution < -0.4 is 4.74 Å². The Bertz CT molecular complexity index is 500. The molecule has 1 N–H and O–H groups in total. The number of nitro groups is 1. The van der Waals surface area contributed by atoms with E-state index in [2.05, 4.69) is 6.58 Å². The predicted octanol–water partition coefficient (Wildman–Crippen LogP) is 2.64. The van der Waals surface area contributed by atoms with Crippen molar-refractivity contribution in [2.45, 2.75) is 13.3 Å². The summed E-state index contributed by atoms with van der Waals surface area (Å²) in [5, 5.41) is 19.6. The van der Waals surface area contributed by atoms with Crippen LogP contribution in [-0.4, -0.2) is 22.6 Å². The molecule has 0 aliphatic rings. The van der Waals surface area contributed by atoms with Gasteiger partial charge >= 0.3 is 11.7 Å². The molecule has 1 aromatic rings. The maximum Gasteiger partial charge on any atom is 0.310 e. The molecule has 0 aromatic heterocycles. The minimum Gasteiger partial charge on any atom is -0.486 e. The van der Waals surface area contributed by atoms with Crippen LogP contribution in [0.3, 0.4) is 0 Å². The van der Waals surface area contributed by atoms with Gasteiger partial charge in [-0.15, -0.1) is 6.58 Å². The van der Waals surface area contributed by atoms with Crippen LogP contribution in [0.15, 0.2) is 36.9 Å². The van der Waals surface area contributed by atoms with E-state index in [0.29, 0.717) is 0 Å². The van der Waals surface area contributed by atoms with E-state index in [1.807, 2.05) is 0 Å². The molecule has 0 aliphatic carbocycles. The van der Waals surface area contributed by atoms with Crippen molar-refractivity contribution < 1.29 is 19.6 Å². The lowest BCUT2D eigenvalue weighted by Crippen LogP contribution is -2.26. The molecule has 0 saturated carbocycles. The first kappa shape index (κ1) is 14.7. The van der Waals surface area contributed by atoms with E-state index in [-0.39, 0.29) is 24.5 Å². The number of carboxylic acid groups (broad SMARTS) is 1. The SMILES string of the molecule is C=CC(C)(COc1ccccc1[N+](=O)[O-])CC(=O)O. The number of nitrogens with zero attached hydrogens (tertiary/aromatic N) is 1. The Labute approximate surface area is 110 Å². The zero-order valence-electron chi connectivity index (χ0n) is 10.5. The van der Waals surface area contributed by atoms with Gasteiger partial charge in [0.2, 0.25) is 0 Å². The third-order valence-corrected chi connectivity index (χ3v) is 2.67. The summed E-state index contributed by atoms with van der Waals surface area (Å²) in [7, 11) is 0. The van der Waals surface area contributed by atoms with E-state index in [0.717, 1.165) is 0 Å². The molecule has 1 unspecified atom stereocenters. The smallest absolute Gasteiger partial charge is 0.310 e. The Balaban J connectivity index is 2.83. The predicted molar refractivity (Wildman–Crippen MR) is 69.1 cm³/mol. The minimum absolute atomic E-state index is 0.00759. The zero-order valence-corrected chi connectivity index (χ0v) is 10.5. The Morgan fingerprint density at radius 2 is 2.21 bits per heavy atom. The van der Waals surface area contributed by atoms with Crippen LogP contribution in [-0.2, 0) is 4.79 Å². The zero-order chi connectivity index (χ0) is 14.5. The number of aliphatic carboxylic acids is 1. The lowest BCUT2D eigenvalue weighted by Gasteiger charge is -2.23. The van der Waals surface area contributed by atoms with E-state index in [9.17, 15) is 14.9 Å². The second-order valence-corrected chi connectivity index (χ2v) is 4.44. The van der Waals surface area contributed by atoms with Gasteiger partial charge in [0.15, 0.2) is 5.75 Å². The standard InChI is InChI=1S/C13H15NO5/c1-3-13(2,8-12(15)16)9-19-11-7-5-4-6-10(11)14(17)18/h3-7H,1,8-9H2,2H3,(H,15,16). The summed E-state index contributed by atoms with van der Waals surface area (Å²) in [5.41, 5.74) is -0.931. The number of rotatable bonds is 7. The van der Waals surface area contributed by atoms with Crippen molar-refractivity contribution in [3.63, 3.8) is 0 Å². The summed E-state index contributed by atoms with van der Waals surface area (Å²) < 4.78 is 5.38. The molecule has 0 bridgehead atoms. The first-order chi connectivity index (χ1) is 8.88. The molecule has 6 nitrogen and oxygen atoms in total. The van der Waals surface area contributed by atoms with Crippen molar-refractivity contribution in [3.05, 3.63) is 47.0 Å². The van der Waals surface area contributed by atoms with Crippen LogP contribution >= 0.6 is 0 Å². The van der Waals surface area contributed by atoms with E-state index < -0.39 is 16.3 Å². The quantitative estimate of drug-likeness (QED) is 0.465. The third kappa shape index (κ3) is 4.09. The highest BCUT2D eigenvalue weighted by molar-refractivity contribution is 5.68. The van der Waals surface area contributed by atoms with E-state index in [1.165, 1.54) is 24.3 Å². The number of hydrogen-bond donors (Lipinski definition) is 1. The van der Waals surface area contributed by atoms with Crippen molar-refractivity contribution in [1.82, 2.24) is 0 Å². The van der Waals surface area contributed by atoms with Crippen molar-refractivity contribution in [2.75, 3.05) is 6.61 Å². The number of benzene rings is 1. The molecule has 1 atom stereocenters. The van der Waals surface area contributed by atoms with Gasteiger partial charge < -0.3 is 9.84 Å². The maximum atomic E-state index is 10.8. The molecule has 0 heterocycles. The Kier molecular flexibility index (Phi) is 4.63. The van der Waals surface area contributed by atoms with Crippen molar-refractivity contribution in [3.8, 4) is 5.75 Å². The van der Waals surface area contributed by atoms with Gasteiger partial charge in [0, 0.05) is 11.5 Å². The fourth-order valence-electron chi connectivity index (χ4n) is 1.50. The molecule has 1 rings (SSSR count). The first-order valence-corrected chi connectivity index (χ1v) is 5.59. The van der Waals surface area contributed by atoms with Crippen molar-refractivity contribution in [1.29, 1.82) is 0 Å². The molecular weight excluding hydrogens is 250 g/mol. The highest BCUT2D eigenvalue weighted by atomic mass is 16.6. The summed E-state index contributed by atoms with van der Waals surface area (Å²) in [6.07, 6.45) is 1.33. The molecule has 0 saturated heterocycles. The topological polar surface area (TPSA) is 89.7 Å². The minimum atomic E-state index is -0.978. The molecule has 19 heavy (non-hydrogen) atoms. The largest absolute Gasteiger partial charge is 0.486 e. The Morgan fingerprint density at radius 1 is 1.58 bits per heavy atom. The maximum absolute atomic E-state index is 10.8. The molecule has 6 heteroatoms. The molecule has 102 valence electrons. The summed E-state index contributed by atoms with van der Waals surface area (Å²) in [4.78, 5) is 21.0. The van der Waals surface area contributed by atoms with Gasteiger partial charge in [0.05, 0.1) is 18.0 Å². The van der Waals surface area contributed by atoms with Gasteiger partial charge in [-0.2, -0.15) is 0 Å². The summed E-state index contributed by atoms with van der Waals surface area (Å²) in [6.45, 7) is 5.26. The van der Waals surface area contributed by atoms with Gasteiger partial charge in [0.25, 0.3) is 0 Å². The number of nitro benzene ring substituents is 1. The summed E-state index contributed by atoms with van der Waals surface area (Å²) >= 11 is 0.